The SMILES string of the molecule is Cc1cccnc1CC(Br)c1cc(C(F)(F)F)ccc1Br. The summed E-state index contributed by atoms with van der Waals surface area (Å²) in [7, 11) is 0. The summed E-state index contributed by atoms with van der Waals surface area (Å²) in [6, 6.07) is 7.43. The fourth-order valence-corrected chi connectivity index (χ4v) is 3.49. The molecule has 1 aromatic heterocycles. The van der Waals surface area contributed by atoms with Crippen molar-refractivity contribution in [2.24, 2.45) is 0 Å². The zero-order chi connectivity index (χ0) is 15.6. The summed E-state index contributed by atoms with van der Waals surface area (Å²) in [6.45, 7) is 1.93. The predicted molar refractivity (Wildman–Crippen MR) is 83.5 cm³/mol. The lowest BCUT2D eigenvalue weighted by Gasteiger charge is -2.16. The van der Waals surface area contributed by atoms with E-state index in [1.54, 1.807) is 6.20 Å². The zero-order valence-electron chi connectivity index (χ0n) is 11.1. The third kappa shape index (κ3) is 4.07. The number of aromatic nitrogens is 1. The molecule has 0 saturated heterocycles. The Morgan fingerprint density at radius 3 is 2.57 bits per heavy atom. The summed E-state index contributed by atoms with van der Waals surface area (Å²) in [6.07, 6.45) is -2.14. The minimum atomic E-state index is -4.34. The normalized spacial score (nSPS) is 13.2. The van der Waals surface area contributed by atoms with E-state index >= 15 is 0 Å². The fourth-order valence-electron chi connectivity index (χ4n) is 1.97. The second-order valence-corrected chi connectivity index (χ2v) is 6.63. The first-order valence-electron chi connectivity index (χ1n) is 6.20. The van der Waals surface area contributed by atoms with Gasteiger partial charge in [-0.05, 0) is 42.3 Å². The Bertz CT molecular complexity index is 641. The van der Waals surface area contributed by atoms with E-state index in [1.165, 1.54) is 12.1 Å². The molecule has 0 aliphatic rings. The van der Waals surface area contributed by atoms with Crippen molar-refractivity contribution in [3.05, 3.63) is 63.4 Å². The summed E-state index contributed by atoms with van der Waals surface area (Å²) < 4.78 is 39.1. The number of hydrogen-bond donors (Lipinski definition) is 0. The average Bonchev–Trinajstić information content (AvgIpc) is 2.40. The Labute approximate surface area is 137 Å². The molecule has 2 rings (SSSR count). The lowest BCUT2D eigenvalue weighted by atomic mass is 10.0. The van der Waals surface area contributed by atoms with Gasteiger partial charge in [0.2, 0.25) is 0 Å². The second-order valence-electron chi connectivity index (χ2n) is 4.67. The van der Waals surface area contributed by atoms with Crippen LogP contribution in [0.2, 0.25) is 0 Å². The van der Waals surface area contributed by atoms with E-state index in [0.29, 0.717) is 16.5 Å². The van der Waals surface area contributed by atoms with E-state index in [4.69, 9.17) is 0 Å². The number of hydrogen-bond acceptors (Lipinski definition) is 1. The van der Waals surface area contributed by atoms with Gasteiger partial charge in [-0.2, -0.15) is 13.2 Å². The van der Waals surface area contributed by atoms with Gasteiger partial charge < -0.3 is 0 Å². The Morgan fingerprint density at radius 1 is 1.24 bits per heavy atom. The molecule has 2 aromatic rings. The molecule has 0 spiro atoms. The lowest BCUT2D eigenvalue weighted by Crippen LogP contribution is -2.07. The van der Waals surface area contributed by atoms with Crippen LogP contribution in [-0.2, 0) is 12.6 Å². The van der Waals surface area contributed by atoms with Crippen LogP contribution in [0.1, 0.15) is 27.2 Å². The first-order valence-corrected chi connectivity index (χ1v) is 7.91. The highest BCUT2D eigenvalue weighted by Crippen LogP contribution is 2.37. The monoisotopic (exact) mass is 421 g/mol. The maximum absolute atomic E-state index is 12.8. The molecule has 0 N–H and O–H groups in total. The van der Waals surface area contributed by atoms with Gasteiger partial charge in [-0.25, -0.2) is 0 Å². The molecule has 0 amide bonds. The smallest absolute Gasteiger partial charge is 0.261 e. The number of halogens is 5. The number of alkyl halides is 4. The predicted octanol–water partition coefficient (Wildman–Crippen LogP) is 5.85. The minimum absolute atomic E-state index is 0.247. The van der Waals surface area contributed by atoms with Gasteiger partial charge in [0.1, 0.15) is 0 Å². The van der Waals surface area contributed by atoms with Crippen molar-refractivity contribution in [2.45, 2.75) is 24.3 Å². The molecule has 0 fully saturated rings. The van der Waals surface area contributed by atoms with Gasteiger partial charge in [0.05, 0.1) is 5.56 Å². The van der Waals surface area contributed by atoms with Crippen molar-refractivity contribution < 1.29 is 13.2 Å². The van der Waals surface area contributed by atoms with Gasteiger partial charge in [-0.1, -0.05) is 37.9 Å². The Morgan fingerprint density at radius 2 is 1.95 bits per heavy atom. The topological polar surface area (TPSA) is 12.9 Å². The average molecular weight is 423 g/mol. The van der Waals surface area contributed by atoms with Crippen molar-refractivity contribution in [1.29, 1.82) is 0 Å². The molecule has 112 valence electrons. The third-order valence-corrected chi connectivity index (χ3v) is 4.69. The molecule has 0 aliphatic heterocycles. The highest BCUT2D eigenvalue weighted by molar-refractivity contribution is 9.11. The molecule has 1 heterocycles. The Balaban J connectivity index is 2.31. The summed E-state index contributed by atoms with van der Waals surface area (Å²) in [5.74, 6) is 0. The van der Waals surface area contributed by atoms with Gasteiger partial charge in [0.15, 0.2) is 0 Å². The maximum Gasteiger partial charge on any atom is 0.416 e. The number of aryl methyl sites for hydroxylation is 1. The van der Waals surface area contributed by atoms with Gasteiger partial charge in [-0.3, -0.25) is 4.98 Å². The highest BCUT2D eigenvalue weighted by Gasteiger charge is 2.31. The van der Waals surface area contributed by atoms with Crippen LogP contribution in [-0.4, -0.2) is 4.98 Å². The Hall–Kier alpha value is -0.880. The minimum Gasteiger partial charge on any atom is -0.261 e. The third-order valence-electron chi connectivity index (χ3n) is 3.15. The maximum atomic E-state index is 12.8. The van der Waals surface area contributed by atoms with E-state index in [1.807, 2.05) is 19.1 Å². The largest absolute Gasteiger partial charge is 0.416 e. The van der Waals surface area contributed by atoms with Crippen LogP contribution >= 0.6 is 31.9 Å². The number of benzene rings is 1. The van der Waals surface area contributed by atoms with Gasteiger partial charge in [-0.15, -0.1) is 0 Å². The molecule has 1 aromatic carbocycles. The second kappa shape index (κ2) is 6.48. The Kier molecular flexibility index (Phi) is 5.09. The quantitative estimate of drug-likeness (QED) is 0.565. The van der Waals surface area contributed by atoms with Crippen LogP contribution in [0.25, 0.3) is 0 Å². The molecule has 1 unspecified atom stereocenters. The summed E-state index contributed by atoms with van der Waals surface area (Å²) >= 11 is 6.78. The van der Waals surface area contributed by atoms with Crippen LogP contribution in [0.15, 0.2) is 41.0 Å². The molecule has 0 aliphatic carbocycles. The van der Waals surface area contributed by atoms with Crippen molar-refractivity contribution in [3.63, 3.8) is 0 Å². The van der Waals surface area contributed by atoms with E-state index in [0.717, 1.165) is 17.3 Å². The number of rotatable bonds is 3. The fraction of sp³-hybridized carbons (Fsp3) is 0.267. The standard InChI is InChI=1S/C15H12Br2F3N/c1-9-3-2-6-21-14(9)8-13(17)11-7-10(15(18,19)20)4-5-12(11)16/h2-7,13H,8H2,1H3. The van der Waals surface area contributed by atoms with E-state index < -0.39 is 11.7 Å². The van der Waals surface area contributed by atoms with Crippen LogP contribution in [0.3, 0.4) is 0 Å². The van der Waals surface area contributed by atoms with Crippen molar-refractivity contribution in [3.8, 4) is 0 Å². The molecule has 0 bridgehead atoms. The zero-order valence-corrected chi connectivity index (χ0v) is 14.3. The molecule has 0 radical (unpaired) electrons. The van der Waals surface area contributed by atoms with Crippen LogP contribution in [0.4, 0.5) is 13.2 Å². The molecule has 6 heteroatoms. The first-order chi connectivity index (χ1) is 9.79. The summed E-state index contributed by atoms with van der Waals surface area (Å²) in [5.41, 5.74) is 1.80. The molecule has 1 nitrogen and oxygen atoms in total. The van der Waals surface area contributed by atoms with Gasteiger partial charge in [0.25, 0.3) is 0 Å². The lowest BCUT2D eigenvalue weighted by molar-refractivity contribution is -0.137. The van der Waals surface area contributed by atoms with Gasteiger partial charge in [0, 0.05) is 27.6 Å². The van der Waals surface area contributed by atoms with Crippen molar-refractivity contribution in [1.82, 2.24) is 4.98 Å². The molecule has 21 heavy (non-hydrogen) atoms. The van der Waals surface area contributed by atoms with E-state index in [2.05, 4.69) is 36.8 Å². The van der Waals surface area contributed by atoms with Crippen molar-refractivity contribution >= 4 is 31.9 Å². The molecule has 1 atom stereocenters. The molecule has 0 saturated carbocycles. The van der Waals surface area contributed by atoms with E-state index in [9.17, 15) is 13.2 Å². The summed E-state index contributed by atoms with van der Waals surface area (Å²) in [4.78, 5) is 4.03. The number of nitrogens with zero attached hydrogens (tertiary/aromatic N) is 1. The van der Waals surface area contributed by atoms with Crippen LogP contribution < -0.4 is 0 Å². The van der Waals surface area contributed by atoms with Crippen molar-refractivity contribution in [2.75, 3.05) is 0 Å². The summed E-state index contributed by atoms with van der Waals surface area (Å²) in [5, 5.41) is 0. The highest BCUT2D eigenvalue weighted by atomic mass is 79.9. The van der Waals surface area contributed by atoms with Crippen LogP contribution in [0.5, 0.6) is 0 Å². The van der Waals surface area contributed by atoms with E-state index in [-0.39, 0.29) is 4.83 Å². The van der Waals surface area contributed by atoms with Gasteiger partial charge >= 0.3 is 6.18 Å². The van der Waals surface area contributed by atoms with Crippen LogP contribution in [0, 0.1) is 6.92 Å². The molecular formula is C15H12Br2F3N. The number of pyridine rings is 1. The first kappa shape index (κ1) is 16.5. The molecular weight excluding hydrogens is 411 g/mol.